The van der Waals surface area contributed by atoms with Crippen molar-refractivity contribution < 1.29 is 23.8 Å². The standard InChI is InChI=1S/C22H28O5/c1-13-10-14(2)22(11-25-16(4)23)12-26-21(20(13)15(22)3)18-6-8-19(9-7-18)27-17(5)24/h6-10,14-15,20-21H,11-12H2,1-5H3/t14-,15-,20-,21+,22-/m0/s1. The number of carbonyl (C=O) groups excluding carboxylic acids is 2. The minimum atomic E-state index is -0.333. The molecule has 3 rings (SSSR count). The number of hydrogen-bond acceptors (Lipinski definition) is 5. The molecule has 2 bridgehead atoms. The van der Waals surface area contributed by atoms with E-state index >= 15 is 0 Å². The van der Waals surface area contributed by atoms with E-state index in [9.17, 15) is 9.59 Å². The van der Waals surface area contributed by atoms with Gasteiger partial charge in [0.2, 0.25) is 0 Å². The van der Waals surface area contributed by atoms with Crippen LogP contribution in [0.3, 0.4) is 0 Å². The van der Waals surface area contributed by atoms with Crippen LogP contribution in [0.2, 0.25) is 0 Å². The molecule has 2 aliphatic rings. The van der Waals surface area contributed by atoms with Gasteiger partial charge in [-0.25, -0.2) is 0 Å². The first kappa shape index (κ1) is 19.6. The number of benzene rings is 1. The van der Waals surface area contributed by atoms with E-state index in [4.69, 9.17) is 14.2 Å². The molecule has 1 aromatic rings. The van der Waals surface area contributed by atoms with Gasteiger partial charge in [0.15, 0.2) is 0 Å². The summed E-state index contributed by atoms with van der Waals surface area (Å²) in [6, 6.07) is 7.52. The highest BCUT2D eigenvalue weighted by atomic mass is 16.5. The molecule has 0 saturated carbocycles. The van der Waals surface area contributed by atoms with Gasteiger partial charge in [0.1, 0.15) is 5.75 Å². The van der Waals surface area contributed by atoms with Crippen molar-refractivity contribution in [3.63, 3.8) is 0 Å². The van der Waals surface area contributed by atoms with Crippen LogP contribution in [0.1, 0.15) is 46.3 Å². The Balaban J connectivity index is 1.88. The predicted molar refractivity (Wildman–Crippen MR) is 101 cm³/mol. The van der Waals surface area contributed by atoms with Gasteiger partial charge in [-0.05, 0) is 36.5 Å². The summed E-state index contributed by atoms with van der Waals surface area (Å²) in [5.74, 6) is 0.739. The van der Waals surface area contributed by atoms with E-state index < -0.39 is 0 Å². The van der Waals surface area contributed by atoms with E-state index in [1.165, 1.54) is 19.4 Å². The Kier molecular flexibility index (Phi) is 5.43. The van der Waals surface area contributed by atoms with E-state index in [0.717, 1.165) is 5.56 Å². The molecule has 5 heteroatoms. The minimum Gasteiger partial charge on any atom is -0.465 e. The number of ether oxygens (including phenoxy) is 3. The molecule has 0 N–H and O–H groups in total. The van der Waals surface area contributed by atoms with Gasteiger partial charge >= 0.3 is 11.9 Å². The van der Waals surface area contributed by atoms with Crippen LogP contribution < -0.4 is 4.74 Å². The van der Waals surface area contributed by atoms with Crippen molar-refractivity contribution in [1.29, 1.82) is 0 Å². The third-order valence-electron chi connectivity index (χ3n) is 6.26. The Hall–Kier alpha value is -2.14. The number of carbonyl (C=O) groups is 2. The van der Waals surface area contributed by atoms with Crippen LogP contribution in [0, 0.1) is 23.2 Å². The molecular weight excluding hydrogens is 344 g/mol. The second-order valence-electron chi connectivity index (χ2n) is 7.92. The summed E-state index contributed by atoms with van der Waals surface area (Å²) in [7, 11) is 0. The first-order valence-electron chi connectivity index (χ1n) is 9.46. The lowest BCUT2D eigenvalue weighted by molar-refractivity contribution is -0.180. The van der Waals surface area contributed by atoms with Crippen molar-refractivity contribution in [2.24, 2.45) is 23.2 Å². The van der Waals surface area contributed by atoms with Crippen molar-refractivity contribution in [2.75, 3.05) is 13.2 Å². The Morgan fingerprint density at radius 2 is 1.81 bits per heavy atom. The number of rotatable bonds is 4. The lowest BCUT2D eigenvalue weighted by atomic mass is 9.56. The molecule has 0 unspecified atom stereocenters. The second kappa shape index (κ2) is 7.47. The largest absolute Gasteiger partial charge is 0.465 e. The van der Waals surface area contributed by atoms with Crippen LogP contribution in [0.25, 0.3) is 0 Å². The highest BCUT2D eigenvalue weighted by Gasteiger charge is 2.54. The monoisotopic (exact) mass is 372 g/mol. The van der Waals surface area contributed by atoms with Crippen LogP contribution in [-0.4, -0.2) is 25.2 Å². The summed E-state index contributed by atoms with van der Waals surface area (Å²) < 4.78 is 16.9. The van der Waals surface area contributed by atoms with Crippen LogP contribution in [0.5, 0.6) is 5.75 Å². The molecule has 146 valence electrons. The molecule has 0 amide bonds. The number of esters is 2. The molecule has 0 spiro atoms. The molecule has 1 fully saturated rings. The predicted octanol–water partition coefficient (Wildman–Crippen LogP) is 4.08. The van der Waals surface area contributed by atoms with Gasteiger partial charge in [-0.3, -0.25) is 9.59 Å². The molecule has 1 aromatic carbocycles. The van der Waals surface area contributed by atoms with Gasteiger partial charge in [-0.1, -0.05) is 37.6 Å². The summed E-state index contributed by atoms with van der Waals surface area (Å²) >= 11 is 0. The normalized spacial score (nSPS) is 32.4. The smallest absolute Gasteiger partial charge is 0.308 e. The van der Waals surface area contributed by atoms with Crippen LogP contribution >= 0.6 is 0 Å². The van der Waals surface area contributed by atoms with Crippen LogP contribution in [0.4, 0.5) is 0 Å². The first-order valence-corrected chi connectivity index (χ1v) is 9.46. The Bertz CT molecular complexity index is 750. The lowest BCUT2D eigenvalue weighted by Crippen LogP contribution is -2.54. The van der Waals surface area contributed by atoms with E-state index in [1.54, 1.807) is 12.1 Å². The SMILES string of the molecule is CC(=O)OC[C@]12CO[C@H](c3ccc(OC(C)=O)cc3)[C@@H](C(C)=C[C@@H]1C)[C@@H]2C. The van der Waals surface area contributed by atoms with Gasteiger partial charge in [0.25, 0.3) is 0 Å². The molecule has 1 aliphatic carbocycles. The maximum Gasteiger partial charge on any atom is 0.308 e. The molecule has 27 heavy (non-hydrogen) atoms. The molecule has 1 saturated heterocycles. The van der Waals surface area contributed by atoms with E-state index in [1.807, 2.05) is 12.1 Å². The average Bonchev–Trinajstić information content (AvgIpc) is 2.59. The fourth-order valence-electron chi connectivity index (χ4n) is 4.69. The summed E-state index contributed by atoms with van der Waals surface area (Å²) in [5, 5.41) is 0. The maximum atomic E-state index is 11.4. The van der Waals surface area contributed by atoms with Gasteiger partial charge in [-0.2, -0.15) is 0 Å². The van der Waals surface area contributed by atoms with Crippen molar-refractivity contribution in [3.8, 4) is 5.75 Å². The van der Waals surface area contributed by atoms with Crippen molar-refractivity contribution in [2.45, 2.75) is 40.7 Å². The summed E-state index contributed by atoms with van der Waals surface area (Å²) in [6.07, 6.45) is 2.23. The third kappa shape index (κ3) is 3.65. The zero-order valence-corrected chi connectivity index (χ0v) is 16.7. The second-order valence-corrected chi connectivity index (χ2v) is 7.92. The lowest BCUT2D eigenvalue weighted by Gasteiger charge is -2.55. The molecule has 0 aromatic heterocycles. The Labute approximate surface area is 160 Å². The zero-order chi connectivity index (χ0) is 19.8. The van der Waals surface area contributed by atoms with Gasteiger partial charge in [-0.15, -0.1) is 0 Å². The summed E-state index contributed by atoms with van der Waals surface area (Å²) in [5.41, 5.74) is 2.16. The summed E-state index contributed by atoms with van der Waals surface area (Å²) in [4.78, 5) is 22.5. The Morgan fingerprint density at radius 1 is 1.15 bits per heavy atom. The maximum absolute atomic E-state index is 11.4. The average molecular weight is 372 g/mol. The van der Waals surface area contributed by atoms with E-state index in [-0.39, 0.29) is 35.3 Å². The molecule has 5 atom stereocenters. The fraction of sp³-hybridized carbons (Fsp3) is 0.545. The van der Waals surface area contributed by atoms with Crippen LogP contribution in [0.15, 0.2) is 35.9 Å². The van der Waals surface area contributed by atoms with Gasteiger partial charge in [0, 0.05) is 25.2 Å². The van der Waals surface area contributed by atoms with Crippen molar-refractivity contribution in [3.05, 3.63) is 41.5 Å². The summed E-state index contributed by atoms with van der Waals surface area (Å²) in [6.45, 7) is 10.3. The number of allylic oxidation sites excluding steroid dienone is 1. The molecule has 1 heterocycles. The highest BCUT2D eigenvalue weighted by molar-refractivity contribution is 5.69. The third-order valence-corrected chi connectivity index (χ3v) is 6.26. The van der Waals surface area contributed by atoms with Gasteiger partial charge < -0.3 is 14.2 Å². The van der Waals surface area contributed by atoms with Crippen molar-refractivity contribution in [1.82, 2.24) is 0 Å². The number of hydrogen-bond donors (Lipinski definition) is 0. The van der Waals surface area contributed by atoms with E-state index in [2.05, 4.69) is 26.8 Å². The van der Waals surface area contributed by atoms with Gasteiger partial charge in [0.05, 0.1) is 19.3 Å². The van der Waals surface area contributed by atoms with E-state index in [0.29, 0.717) is 24.9 Å². The highest BCUT2D eigenvalue weighted by Crippen LogP contribution is 2.56. The number of fused-ring (bicyclic) bond motifs is 2. The minimum absolute atomic E-state index is 0.0689. The van der Waals surface area contributed by atoms with Crippen LogP contribution in [-0.2, 0) is 19.1 Å². The molecule has 0 radical (unpaired) electrons. The zero-order valence-electron chi connectivity index (χ0n) is 16.7. The van der Waals surface area contributed by atoms with Crippen molar-refractivity contribution >= 4 is 11.9 Å². The topological polar surface area (TPSA) is 61.8 Å². The molecule has 1 aliphatic heterocycles. The Morgan fingerprint density at radius 3 is 2.41 bits per heavy atom. The first-order chi connectivity index (χ1) is 12.7. The molecular formula is C22H28O5. The quantitative estimate of drug-likeness (QED) is 0.453. The molecule has 5 nitrogen and oxygen atoms in total. The fourth-order valence-corrected chi connectivity index (χ4v) is 4.69.